The van der Waals surface area contributed by atoms with Crippen molar-refractivity contribution >= 4 is 5.71 Å². The largest absolute Gasteiger partial charge is 0.494 e. The topological polar surface area (TPSA) is 34.1 Å². The fourth-order valence-corrected chi connectivity index (χ4v) is 4.24. The Morgan fingerprint density at radius 2 is 1.77 bits per heavy atom. The molecule has 2 unspecified atom stereocenters. The van der Waals surface area contributed by atoms with Crippen molar-refractivity contribution in [2.75, 3.05) is 6.61 Å². The van der Waals surface area contributed by atoms with Gasteiger partial charge in [-0.05, 0) is 49.2 Å². The van der Waals surface area contributed by atoms with Crippen LogP contribution in [-0.2, 0) is 0 Å². The van der Waals surface area contributed by atoms with Crippen LogP contribution in [0.1, 0.15) is 60.7 Å². The smallest absolute Gasteiger partial charge is 0.213 e. The zero-order valence-electron chi connectivity index (χ0n) is 18.1. The molecule has 2 heterocycles. The number of nitrogens with zero attached hydrogens (tertiary/aromatic N) is 2. The standard InChI is InChI=1S/C27H28N2O2/c1-3-4-17-30-22-15-13-20(14-16-22)24-18-25-23-7-5-6-8-26(23)31-27(29(25)28-24)21-11-9-19(2)10-12-21/h5-16,25,27H,3-4,17-18H2,1-2H3. The van der Waals surface area contributed by atoms with Gasteiger partial charge in [0.2, 0.25) is 6.23 Å². The number of rotatable bonds is 6. The summed E-state index contributed by atoms with van der Waals surface area (Å²) in [6.45, 7) is 5.04. The molecule has 0 saturated carbocycles. The van der Waals surface area contributed by atoms with Crippen LogP contribution >= 0.6 is 0 Å². The van der Waals surface area contributed by atoms with E-state index >= 15 is 0 Å². The molecule has 2 atom stereocenters. The van der Waals surface area contributed by atoms with Gasteiger partial charge in [0.15, 0.2) is 0 Å². The Morgan fingerprint density at radius 1 is 1.00 bits per heavy atom. The Kier molecular flexibility index (Phi) is 5.37. The molecule has 3 aromatic carbocycles. The zero-order valence-corrected chi connectivity index (χ0v) is 18.1. The quantitative estimate of drug-likeness (QED) is 0.438. The Balaban J connectivity index is 1.45. The number of ether oxygens (including phenoxy) is 2. The molecule has 0 saturated heterocycles. The van der Waals surface area contributed by atoms with Crippen molar-refractivity contribution in [2.24, 2.45) is 5.10 Å². The molecule has 3 aromatic rings. The lowest BCUT2D eigenvalue weighted by Crippen LogP contribution is -2.33. The van der Waals surface area contributed by atoms with Crippen molar-refractivity contribution in [1.82, 2.24) is 5.01 Å². The molecular weight excluding hydrogens is 384 g/mol. The van der Waals surface area contributed by atoms with Crippen molar-refractivity contribution in [3.05, 3.63) is 95.1 Å². The highest BCUT2D eigenvalue weighted by Crippen LogP contribution is 2.47. The maximum absolute atomic E-state index is 6.43. The molecule has 31 heavy (non-hydrogen) atoms. The highest BCUT2D eigenvalue weighted by Gasteiger charge is 2.40. The molecular formula is C27H28N2O2. The number of hydrogen-bond donors (Lipinski definition) is 0. The Bertz CT molecular complexity index is 1070. The van der Waals surface area contributed by atoms with E-state index in [1.54, 1.807) is 0 Å². The fourth-order valence-electron chi connectivity index (χ4n) is 4.24. The summed E-state index contributed by atoms with van der Waals surface area (Å²) < 4.78 is 12.2. The van der Waals surface area contributed by atoms with Crippen molar-refractivity contribution in [3.8, 4) is 11.5 Å². The SMILES string of the molecule is CCCCOc1ccc(C2=NN3C(C2)c2ccccc2OC3c2ccc(C)cc2)cc1. The third kappa shape index (κ3) is 3.90. The van der Waals surface area contributed by atoms with Gasteiger partial charge in [0.05, 0.1) is 18.4 Å². The van der Waals surface area contributed by atoms with Gasteiger partial charge in [-0.3, -0.25) is 0 Å². The van der Waals surface area contributed by atoms with E-state index in [1.807, 2.05) is 18.2 Å². The van der Waals surface area contributed by atoms with Crippen molar-refractivity contribution in [2.45, 2.75) is 45.4 Å². The monoisotopic (exact) mass is 412 g/mol. The van der Waals surface area contributed by atoms with Gasteiger partial charge < -0.3 is 9.47 Å². The van der Waals surface area contributed by atoms with Crippen LogP contribution in [0.3, 0.4) is 0 Å². The lowest BCUT2D eigenvalue weighted by Gasteiger charge is -2.38. The molecule has 158 valence electrons. The minimum Gasteiger partial charge on any atom is -0.494 e. The third-order valence-corrected chi connectivity index (χ3v) is 6.02. The van der Waals surface area contributed by atoms with E-state index in [1.165, 1.54) is 11.1 Å². The summed E-state index contributed by atoms with van der Waals surface area (Å²) in [6, 6.07) is 25.4. The van der Waals surface area contributed by atoms with Crippen molar-refractivity contribution in [3.63, 3.8) is 0 Å². The van der Waals surface area contributed by atoms with Gasteiger partial charge in [0.1, 0.15) is 11.5 Å². The summed E-state index contributed by atoms with van der Waals surface area (Å²) in [6.07, 6.45) is 2.84. The van der Waals surface area contributed by atoms with Crippen LogP contribution in [0.4, 0.5) is 0 Å². The number of aryl methyl sites for hydroxylation is 1. The first-order chi connectivity index (χ1) is 15.2. The van der Waals surface area contributed by atoms with E-state index in [0.29, 0.717) is 0 Å². The summed E-state index contributed by atoms with van der Waals surface area (Å²) in [5, 5.41) is 7.18. The highest BCUT2D eigenvalue weighted by atomic mass is 16.5. The normalized spacial score (nSPS) is 19.3. The van der Waals surface area contributed by atoms with Crippen LogP contribution in [0.25, 0.3) is 0 Å². The Hall–Kier alpha value is -3.27. The maximum Gasteiger partial charge on any atom is 0.213 e. The summed E-state index contributed by atoms with van der Waals surface area (Å²) in [7, 11) is 0. The molecule has 0 aliphatic carbocycles. The van der Waals surface area contributed by atoms with E-state index in [4.69, 9.17) is 14.6 Å². The Labute approximate surface area is 184 Å². The van der Waals surface area contributed by atoms with E-state index in [0.717, 1.165) is 54.2 Å². The summed E-state index contributed by atoms with van der Waals surface area (Å²) in [5.41, 5.74) is 5.78. The molecule has 0 spiro atoms. The maximum atomic E-state index is 6.43. The second-order valence-electron chi connectivity index (χ2n) is 8.29. The molecule has 5 rings (SSSR count). The van der Waals surface area contributed by atoms with Crippen LogP contribution in [0.15, 0.2) is 77.9 Å². The van der Waals surface area contributed by atoms with E-state index < -0.39 is 0 Å². The zero-order chi connectivity index (χ0) is 21.2. The summed E-state index contributed by atoms with van der Waals surface area (Å²) in [4.78, 5) is 0. The number of fused-ring (bicyclic) bond motifs is 3. The first-order valence-electron chi connectivity index (χ1n) is 11.1. The molecule has 0 amide bonds. The Morgan fingerprint density at radius 3 is 2.55 bits per heavy atom. The van der Waals surface area contributed by atoms with Crippen molar-refractivity contribution in [1.29, 1.82) is 0 Å². The minimum atomic E-state index is -0.227. The van der Waals surface area contributed by atoms with E-state index in [9.17, 15) is 0 Å². The molecule has 0 bridgehead atoms. The molecule has 0 radical (unpaired) electrons. The van der Waals surface area contributed by atoms with Crippen LogP contribution in [0.5, 0.6) is 11.5 Å². The van der Waals surface area contributed by atoms with Gasteiger partial charge in [-0.2, -0.15) is 5.10 Å². The van der Waals surface area contributed by atoms with Crippen molar-refractivity contribution < 1.29 is 9.47 Å². The van der Waals surface area contributed by atoms with Gasteiger partial charge in [-0.1, -0.05) is 61.4 Å². The van der Waals surface area contributed by atoms with Gasteiger partial charge >= 0.3 is 0 Å². The average molecular weight is 413 g/mol. The first kappa shape index (κ1) is 19.7. The van der Waals surface area contributed by atoms with Gasteiger partial charge in [0.25, 0.3) is 0 Å². The predicted molar refractivity (Wildman–Crippen MR) is 124 cm³/mol. The molecule has 0 aromatic heterocycles. The third-order valence-electron chi connectivity index (χ3n) is 6.02. The summed E-state index contributed by atoms with van der Waals surface area (Å²) >= 11 is 0. The highest BCUT2D eigenvalue weighted by molar-refractivity contribution is 6.02. The second-order valence-corrected chi connectivity index (χ2v) is 8.29. The minimum absolute atomic E-state index is 0.173. The molecule has 4 heteroatoms. The number of unbranched alkanes of at least 4 members (excludes halogenated alkanes) is 1. The molecule has 0 fully saturated rings. The van der Waals surface area contributed by atoms with Crippen LogP contribution in [-0.4, -0.2) is 17.3 Å². The molecule has 2 aliphatic heterocycles. The van der Waals surface area contributed by atoms with Crippen LogP contribution in [0.2, 0.25) is 0 Å². The number of hydrazone groups is 1. The first-order valence-corrected chi connectivity index (χ1v) is 11.1. The number of benzene rings is 3. The van der Waals surface area contributed by atoms with Crippen LogP contribution in [0, 0.1) is 6.92 Å². The van der Waals surface area contributed by atoms with Crippen LogP contribution < -0.4 is 9.47 Å². The predicted octanol–water partition coefficient (Wildman–Crippen LogP) is 6.42. The van der Waals surface area contributed by atoms with E-state index in [2.05, 4.69) is 73.5 Å². The molecule has 2 aliphatic rings. The number of para-hydroxylation sites is 1. The van der Waals surface area contributed by atoms with E-state index in [-0.39, 0.29) is 12.3 Å². The molecule has 0 N–H and O–H groups in total. The van der Waals surface area contributed by atoms with Gasteiger partial charge in [-0.25, -0.2) is 5.01 Å². The lowest BCUT2D eigenvalue weighted by molar-refractivity contribution is -0.0190. The number of hydrogen-bond acceptors (Lipinski definition) is 4. The average Bonchev–Trinajstić information content (AvgIpc) is 3.26. The second kappa shape index (κ2) is 8.46. The van der Waals surface area contributed by atoms with Gasteiger partial charge in [-0.15, -0.1) is 0 Å². The lowest BCUT2D eigenvalue weighted by atomic mass is 9.96. The van der Waals surface area contributed by atoms with Gasteiger partial charge in [0, 0.05) is 17.5 Å². The summed E-state index contributed by atoms with van der Waals surface area (Å²) in [5.74, 6) is 1.87. The molecule has 4 nitrogen and oxygen atoms in total. The fraction of sp³-hybridized carbons (Fsp3) is 0.296.